The van der Waals surface area contributed by atoms with Gasteiger partial charge in [-0.1, -0.05) is 0 Å². The van der Waals surface area contributed by atoms with E-state index in [0.29, 0.717) is 22.8 Å². The standard InChI is InChI=1S/C15H15N3O2/c1-10(17)13-5-4-12(9-18-13)20-14-6-3-11(8-16)7-15(14)19-2/h3-7,9-10H,17H2,1-2H3/t10-/m1/s1. The minimum absolute atomic E-state index is 0.117. The van der Waals surface area contributed by atoms with E-state index >= 15 is 0 Å². The zero-order valence-corrected chi connectivity index (χ0v) is 11.3. The van der Waals surface area contributed by atoms with Crippen LogP contribution in [0, 0.1) is 11.3 Å². The normalized spacial score (nSPS) is 11.5. The Bertz CT molecular complexity index is 631. The van der Waals surface area contributed by atoms with Gasteiger partial charge in [0.25, 0.3) is 0 Å². The Morgan fingerprint density at radius 1 is 1.25 bits per heavy atom. The molecule has 20 heavy (non-hydrogen) atoms. The molecule has 5 nitrogen and oxygen atoms in total. The lowest BCUT2D eigenvalue weighted by atomic mass is 10.2. The second-order valence-corrected chi connectivity index (χ2v) is 4.29. The zero-order valence-electron chi connectivity index (χ0n) is 11.3. The number of nitriles is 1. The van der Waals surface area contributed by atoms with Crippen LogP contribution >= 0.6 is 0 Å². The van der Waals surface area contributed by atoms with E-state index in [1.54, 1.807) is 30.5 Å². The van der Waals surface area contributed by atoms with Crippen molar-refractivity contribution in [1.29, 1.82) is 5.26 Å². The molecule has 1 atom stereocenters. The molecule has 1 aromatic heterocycles. The van der Waals surface area contributed by atoms with Crippen LogP contribution in [0.1, 0.15) is 24.2 Å². The van der Waals surface area contributed by atoms with Crippen molar-refractivity contribution >= 4 is 0 Å². The predicted molar refractivity (Wildman–Crippen MR) is 74.6 cm³/mol. The summed E-state index contributed by atoms with van der Waals surface area (Å²) in [5.41, 5.74) is 7.05. The van der Waals surface area contributed by atoms with Crippen LogP contribution in [-0.4, -0.2) is 12.1 Å². The number of pyridine rings is 1. The summed E-state index contributed by atoms with van der Waals surface area (Å²) in [5.74, 6) is 1.61. The molecular formula is C15H15N3O2. The van der Waals surface area contributed by atoms with E-state index in [9.17, 15) is 0 Å². The van der Waals surface area contributed by atoms with Gasteiger partial charge in [-0.3, -0.25) is 4.98 Å². The van der Waals surface area contributed by atoms with Gasteiger partial charge in [-0.15, -0.1) is 0 Å². The second-order valence-electron chi connectivity index (χ2n) is 4.29. The topological polar surface area (TPSA) is 81.2 Å². The maximum atomic E-state index is 8.85. The van der Waals surface area contributed by atoms with E-state index in [-0.39, 0.29) is 6.04 Å². The van der Waals surface area contributed by atoms with Gasteiger partial charge in [0.2, 0.25) is 0 Å². The third kappa shape index (κ3) is 3.05. The van der Waals surface area contributed by atoms with Crippen LogP contribution in [0.2, 0.25) is 0 Å². The molecule has 0 aliphatic rings. The Balaban J connectivity index is 2.23. The van der Waals surface area contributed by atoms with E-state index in [1.807, 2.05) is 13.0 Å². The van der Waals surface area contributed by atoms with Gasteiger partial charge in [0, 0.05) is 12.1 Å². The molecule has 2 rings (SSSR count). The van der Waals surface area contributed by atoms with E-state index in [1.165, 1.54) is 7.11 Å². The number of rotatable bonds is 4. The Hall–Kier alpha value is -2.58. The van der Waals surface area contributed by atoms with Crippen molar-refractivity contribution in [3.8, 4) is 23.3 Å². The number of methoxy groups -OCH3 is 1. The number of hydrogen-bond acceptors (Lipinski definition) is 5. The van der Waals surface area contributed by atoms with Gasteiger partial charge in [-0.05, 0) is 31.2 Å². The van der Waals surface area contributed by atoms with Crippen molar-refractivity contribution in [3.63, 3.8) is 0 Å². The lowest BCUT2D eigenvalue weighted by Crippen LogP contribution is -2.06. The summed E-state index contributed by atoms with van der Waals surface area (Å²) < 4.78 is 10.9. The number of nitrogens with two attached hydrogens (primary N) is 1. The molecule has 0 amide bonds. The zero-order chi connectivity index (χ0) is 14.5. The number of hydrogen-bond donors (Lipinski definition) is 1. The summed E-state index contributed by atoms with van der Waals surface area (Å²) in [4.78, 5) is 4.22. The fourth-order valence-electron chi connectivity index (χ4n) is 1.67. The molecule has 2 N–H and O–H groups in total. The highest BCUT2D eigenvalue weighted by Crippen LogP contribution is 2.32. The highest BCUT2D eigenvalue weighted by Gasteiger charge is 2.08. The van der Waals surface area contributed by atoms with E-state index in [4.69, 9.17) is 20.5 Å². The monoisotopic (exact) mass is 269 g/mol. The van der Waals surface area contributed by atoms with Crippen LogP contribution in [0.4, 0.5) is 0 Å². The number of benzene rings is 1. The molecule has 0 spiro atoms. The van der Waals surface area contributed by atoms with Gasteiger partial charge in [-0.2, -0.15) is 5.26 Å². The molecule has 102 valence electrons. The molecule has 0 fully saturated rings. The predicted octanol–water partition coefficient (Wildman–Crippen LogP) is 2.77. The number of ether oxygens (including phenoxy) is 2. The van der Waals surface area contributed by atoms with Gasteiger partial charge in [-0.25, -0.2) is 0 Å². The molecule has 0 unspecified atom stereocenters. The smallest absolute Gasteiger partial charge is 0.169 e. The largest absolute Gasteiger partial charge is 0.493 e. The maximum absolute atomic E-state index is 8.85. The molecule has 5 heteroatoms. The molecule has 1 heterocycles. The molecule has 2 aromatic rings. The summed E-state index contributed by atoms with van der Waals surface area (Å²) in [6, 6.07) is 10.5. The van der Waals surface area contributed by atoms with Crippen LogP contribution < -0.4 is 15.2 Å². The summed E-state index contributed by atoms with van der Waals surface area (Å²) >= 11 is 0. The summed E-state index contributed by atoms with van der Waals surface area (Å²) in [5, 5.41) is 8.85. The van der Waals surface area contributed by atoms with Crippen LogP contribution in [0.3, 0.4) is 0 Å². The van der Waals surface area contributed by atoms with E-state index in [0.717, 1.165) is 5.69 Å². The fraction of sp³-hybridized carbons (Fsp3) is 0.200. The molecule has 0 aliphatic heterocycles. The van der Waals surface area contributed by atoms with Crippen molar-refractivity contribution in [3.05, 3.63) is 47.8 Å². The van der Waals surface area contributed by atoms with Crippen LogP contribution in [0.25, 0.3) is 0 Å². The Kier molecular flexibility index (Phi) is 4.18. The minimum atomic E-state index is -0.117. The average molecular weight is 269 g/mol. The van der Waals surface area contributed by atoms with Gasteiger partial charge in [0.1, 0.15) is 5.75 Å². The molecule has 0 radical (unpaired) electrons. The van der Waals surface area contributed by atoms with Crippen molar-refractivity contribution in [1.82, 2.24) is 4.98 Å². The molecule has 0 aliphatic carbocycles. The molecule has 0 saturated carbocycles. The lowest BCUT2D eigenvalue weighted by Gasteiger charge is -2.11. The quantitative estimate of drug-likeness (QED) is 0.923. The first kappa shape index (κ1) is 13.8. The SMILES string of the molecule is COc1cc(C#N)ccc1Oc1ccc([C@@H](C)N)nc1. The van der Waals surface area contributed by atoms with Gasteiger partial charge in [0.05, 0.1) is 30.6 Å². The van der Waals surface area contributed by atoms with Crippen molar-refractivity contribution in [2.75, 3.05) is 7.11 Å². The summed E-state index contributed by atoms with van der Waals surface area (Å²) in [7, 11) is 1.53. The highest BCUT2D eigenvalue weighted by molar-refractivity contribution is 5.48. The third-order valence-corrected chi connectivity index (χ3v) is 2.75. The van der Waals surface area contributed by atoms with Crippen LogP contribution in [0.5, 0.6) is 17.2 Å². The number of aromatic nitrogens is 1. The minimum Gasteiger partial charge on any atom is -0.493 e. The Labute approximate surface area is 117 Å². The maximum Gasteiger partial charge on any atom is 0.169 e. The van der Waals surface area contributed by atoms with Crippen molar-refractivity contribution in [2.45, 2.75) is 13.0 Å². The Morgan fingerprint density at radius 2 is 2.05 bits per heavy atom. The number of nitrogens with zero attached hydrogens (tertiary/aromatic N) is 2. The molecule has 0 saturated heterocycles. The summed E-state index contributed by atoms with van der Waals surface area (Å²) in [6.45, 7) is 1.87. The highest BCUT2D eigenvalue weighted by atomic mass is 16.5. The average Bonchev–Trinajstić information content (AvgIpc) is 2.48. The molecule has 1 aromatic carbocycles. The van der Waals surface area contributed by atoms with Crippen LogP contribution in [-0.2, 0) is 0 Å². The molecule has 0 bridgehead atoms. The van der Waals surface area contributed by atoms with Gasteiger partial charge in [0.15, 0.2) is 11.5 Å². The summed E-state index contributed by atoms with van der Waals surface area (Å²) in [6.07, 6.45) is 1.61. The molecular weight excluding hydrogens is 254 g/mol. The van der Waals surface area contributed by atoms with Gasteiger partial charge >= 0.3 is 0 Å². The first-order chi connectivity index (χ1) is 9.63. The first-order valence-corrected chi connectivity index (χ1v) is 6.11. The van der Waals surface area contributed by atoms with Gasteiger partial charge < -0.3 is 15.2 Å². The second kappa shape index (κ2) is 6.04. The Morgan fingerprint density at radius 3 is 2.60 bits per heavy atom. The third-order valence-electron chi connectivity index (χ3n) is 2.75. The van der Waals surface area contributed by atoms with Crippen molar-refractivity contribution in [2.24, 2.45) is 5.73 Å². The van der Waals surface area contributed by atoms with Crippen LogP contribution in [0.15, 0.2) is 36.5 Å². The fourth-order valence-corrected chi connectivity index (χ4v) is 1.67. The van der Waals surface area contributed by atoms with Crippen molar-refractivity contribution < 1.29 is 9.47 Å². The van der Waals surface area contributed by atoms with E-state index < -0.39 is 0 Å². The first-order valence-electron chi connectivity index (χ1n) is 6.11. The lowest BCUT2D eigenvalue weighted by molar-refractivity contribution is 0.378. The van der Waals surface area contributed by atoms with E-state index in [2.05, 4.69) is 11.1 Å².